The lowest BCUT2D eigenvalue weighted by molar-refractivity contribution is -0.129. The van der Waals surface area contributed by atoms with Gasteiger partial charge in [0.25, 0.3) is 5.91 Å². The molecular weight excluding hydrogens is 366 g/mol. The third-order valence-corrected chi connectivity index (χ3v) is 5.42. The highest BCUT2D eigenvalue weighted by molar-refractivity contribution is 6.09. The average molecular weight is 389 g/mol. The van der Waals surface area contributed by atoms with Crippen LogP contribution < -0.4 is 5.73 Å². The molecule has 6 nitrogen and oxygen atoms in total. The summed E-state index contributed by atoms with van der Waals surface area (Å²) in [5.74, 6) is 0.593. The molecule has 1 heterocycles. The molecule has 4 rings (SSSR count). The zero-order valence-electron chi connectivity index (χ0n) is 16.4. The van der Waals surface area contributed by atoms with Crippen LogP contribution in [-0.2, 0) is 15.1 Å². The van der Waals surface area contributed by atoms with E-state index >= 15 is 0 Å². The molecule has 0 saturated heterocycles. The number of aliphatic hydroxyl groups is 1. The average Bonchev–Trinajstić information content (AvgIpc) is 2.99. The van der Waals surface area contributed by atoms with Crippen molar-refractivity contribution in [3.8, 4) is 0 Å². The zero-order valence-corrected chi connectivity index (χ0v) is 16.4. The number of rotatable bonds is 4. The second-order valence-electron chi connectivity index (χ2n) is 7.21. The van der Waals surface area contributed by atoms with E-state index in [4.69, 9.17) is 10.5 Å². The van der Waals surface area contributed by atoms with Crippen molar-refractivity contribution in [1.82, 2.24) is 4.90 Å². The van der Waals surface area contributed by atoms with Gasteiger partial charge < -0.3 is 15.6 Å². The van der Waals surface area contributed by atoms with Crippen LogP contribution in [0.25, 0.3) is 5.57 Å². The van der Waals surface area contributed by atoms with E-state index in [-0.39, 0.29) is 11.9 Å². The zero-order chi connectivity index (χ0) is 20.6. The van der Waals surface area contributed by atoms with Gasteiger partial charge in [-0.05, 0) is 40.5 Å². The van der Waals surface area contributed by atoms with Gasteiger partial charge in [0, 0.05) is 13.5 Å². The van der Waals surface area contributed by atoms with Gasteiger partial charge in [0.1, 0.15) is 5.76 Å². The van der Waals surface area contributed by atoms with Crippen molar-refractivity contribution >= 4 is 17.4 Å². The molecule has 2 aromatic carbocycles. The van der Waals surface area contributed by atoms with Crippen LogP contribution >= 0.6 is 0 Å². The summed E-state index contributed by atoms with van der Waals surface area (Å²) in [6, 6.07) is 17.1. The van der Waals surface area contributed by atoms with Crippen molar-refractivity contribution in [3.63, 3.8) is 0 Å². The maximum Gasteiger partial charge on any atom is 0.266 e. The van der Waals surface area contributed by atoms with Gasteiger partial charge in [0.15, 0.2) is 11.5 Å². The van der Waals surface area contributed by atoms with Gasteiger partial charge in [-0.25, -0.2) is 4.99 Å². The SMILES string of the molecule is COC1=CC(O)CC(c2cccc(C3(c4ccccc4)N=C(N)N(C)C3=O)c2)=C1. The number of benzene rings is 2. The number of carbonyl (C=O) groups is 1. The molecule has 0 fully saturated rings. The van der Waals surface area contributed by atoms with Gasteiger partial charge in [-0.1, -0.05) is 48.5 Å². The molecule has 0 spiro atoms. The maximum absolute atomic E-state index is 13.3. The predicted molar refractivity (Wildman–Crippen MR) is 112 cm³/mol. The fraction of sp³-hybridized carbons (Fsp3) is 0.217. The minimum atomic E-state index is -1.23. The Hall–Kier alpha value is -3.38. The number of carbonyl (C=O) groups excluding carboxylic acids is 1. The number of guanidine groups is 1. The first kappa shape index (κ1) is 19.0. The van der Waals surface area contributed by atoms with Gasteiger partial charge in [0.2, 0.25) is 0 Å². The second kappa shape index (κ2) is 7.22. The number of likely N-dealkylation sites (N-methyl/N-ethyl adjacent to an activating group) is 1. The van der Waals surface area contributed by atoms with Crippen molar-refractivity contribution in [1.29, 1.82) is 0 Å². The van der Waals surface area contributed by atoms with Crippen molar-refractivity contribution in [2.75, 3.05) is 14.2 Å². The lowest BCUT2D eigenvalue weighted by Crippen LogP contribution is -2.41. The second-order valence-corrected chi connectivity index (χ2v) is 7.21. The van der Waals surface area contributed by atoms with Crippen LogP contribution in [0.15, 0.2) is 77.5 Å². The fourth-order valence-electron chi connectivity index (χ4n) is 3.89. The molecule has 29 heavy (non-hydrogen) atoms. The minimum Gasteiger partial charge on any atom is -0.497 e. The van der Waals surface area contributed by atoms with Crippen LogP contribution in [-0.4, -0.2) is 42.1 Å². The van der Waals surface area contributed by atoms with E-state index in [1.165, 1.54) is 4.90 Å². The topological polar surface area (TPSA) is 88.2 Å². The first-order chi connectivity index (χ1) is 14.0. The Kier molecular flexibility index (Phi) is 4.72. The summed E-state index contributed by atoms with van der Waals surface area (Å²) in [7, 11) is 3.20. The predicted octanol–water partition coefficient (Wildman–Crippen LogP) is 2.40. The molecule has 2 aliphatic rings. The van der Waals surface area contributed by atoms with Crippen LogP contribution in [0.5, 0.6) is 0 Å². The third-order valence-electron chi connectivity index (χ3n) is 5.42. The Labute approximate surface area is 169 Å². The number of methoxy groups -OCH3 is 1. The van der Waals surface area contributed by atoms with Gasteiger partial charge in [0.05, 0.1) is 13.2 Å². The van der Waals surface area contributed by atoms with Crippen molar-refractivity contribution < 1.29 is 14.6 Å². The van der Waals surface area contributed by atoms with Crippen LogP contribution in [0.3, 0.4) is 0 Å². The highest BCUT2D eigenvalue weighted by Gasteiger charge is 2.49. The molecule has 0 saturated carbocycles. The van der Waals surface area contributed by atoms with Crippen LogP contribution in [0.4, 0.5) is 0 Å². The van der Waals surface area contributed by atoms with Gasteiger partial charge in [-0.3, -0.25) is 9.69 Å². The Bertz CT molecular complexity index is 1040. The molecule has 2 atom stereocenters. The Balaban J connectivity index is 1.87. The number of hydrogen-bond donors (Lipinski definition) is 2. The van der Waals surface area contributed by atoms with E-state index in [1.807, 2.05) is 60.7 Å². The van der Waals surface area contributed by atoms with E-state index in [0.29, 0.717) is 12.2 Å². The normalized spacial score (nSPS) is 24.1. The molecule has 1 amide bonds. The number of allylic oxidation sites excluding steroid dienone is 1. The van der Waals surface area contributed by atoms with Crippen LogP contribution in [0.2, 0.25) is 0 Å². The lowest BCUT2D eigenvalue weighted by atomic mass is 9.81. The molecule has 0 bridgehead atoms. The quantitative estimate of drug-likeness (QED) is 0.841. The highest BCUT2D eigenvalue weighted by atomic mass is 16.5. The number of nitrogens with zero attached hydrogens (tertiary/aromatic N) is 2. The number of aliphatic imine (C=N–C) groups is 1. The fourth-order valence-corrected chi connectivity index (χ4v) is 3.89. The van der Waals surface area contributed by atoms with Crippen LogP contribution in [0.1, 0.15) is 23.1 Å². The lowest BCUT2D eigenvalue weighted by Gasteiger charge is -2.27. The molecule has 0 aromatic heterocycles. The molecule has 0 radical (unpaired) electrons. The van der Waals surface area contributed by atoms with Crippen LogP contribution in [0, 0.1) is 0 Å². The number of amides is 1. The molecule has 2 unspecified atom stereocenters. The summed E-state index contributed by atoms with van der Waals surface area (Å²) in [5, 5.41) is 10.2. The molecule has 1 aliphatic heterocycles. The van der Waals surface area contributed by atoms with E-state index < -0.39 is 11.6 Å². The maximum atomic E-state index is 13.3. The number of hydrogen-bond acceptors (Lipinski definition) is 5. The minimum absolute atomic E-state index is 0.182. The van der Waals surface area contributed by atoms with E-state index in [2.05, 4.69) is 4.99 Å². The summed E-state index contributed by atoms with van der Waals surface area (Å²) in [6.45, 7) is 0. The smallest absolute Gasteiger partial charge is 0.266 e. The Morgan fingerprint density at radius 3 is 2.55 bits per heavy atom. The molecular formula is C23H23N3O3. The molecule has 1 aliphatic carbocycles. The van der Waals surface area contributed by atoms with E-state index in [9.17, 15) is 9.90 Å². The molecule has 148 valence electrons. The van der Waals surface area contributed by atoms with Gasteiger partial charge in [-0.15, -0.1) is 0 Å². The first-order valence-corrected chi connectivity index (χ1v) is 9.40. The summed E-state index contributed by atoms with van der Waals surface area (Å²) < 4.78 is 5.30. The summed E-state index contributed by atoms with van der Waals surface area (Å²) >= 11 is 0. The van der Waals surface area contributed by atoms with Crippen molar-refractivity contribution in [2.24, 2.45) is 10.7 Å². The monoisotopic (exact) mass is 389 g/mol. The Morgan fingerprint density at radius 2 is 1.90 bits per heavy atom. The number of nitrogens with two attached hydrogens (primary N) is 1. The molecule has 6 heteroatoms. The molecule has 2 aromatic rings. The Morgan fingerprint density at radius 1 is 1.17 bits per heavy atom. The number of aliphatic hydroxyl groups excluding tert-OH is 1. The van der Waals surface area contributed by atoms with Gasteiger partial charge in [-0.2, -0.15) is 0 Å². The van der Waals surface area contributed by atoms with E-state index in [1.54, 1.807) is 20.2 Å². The number of ether oxygens (including phenoxy) is 1. The van der Waals surface area contributed by atoms with E-state index in [0.717, 1.165) is 22.3 Å². The highest BCUT2D eigenvalue weighted by Crippen LogP contribution is 2.40. The van der Waals surface area contributed by atoms with Crippen molar-refractivity contribution in [3.05, 3.63) is 89.2 Å². The summed E-state index contributed by atoms with van der Waals surface area (Å²) in [6.07, 6.45) is 3.43. The summed E-state index contributed by atoms with van der Waals surface area (Å²) in [4.78, 5) is 19.3. The first-order valence-electron chi connectivity index (χ1n) is 9.40. The molecule has 3 N–H and O–H groups in total. The van der Waals surface area contributed by atoms with Crippen molar-refractivity contribution in [2.45, 2.75) is 18.1 Å². The summed E-state index contributed by atoms with van der Waals surface area (Å²) in [5.41, 5.74) is 8.11. The van der Waals surface area contributed by atoms with Gasteiger partial charge >= 0.3 is 0 Å². The standard InChI is InChI=1S/C23H23N3O3/c1-26-21(28)23(25-22(26)24,17-8-4-3-5-9-17)18-10-6-7-15(11-18)16-12-19(27)14-20(13-16)29-2/h3-11,13-14,19,27H,12H2,1-2H3,(H2,24,25). The third kappa shape index (κ3) is 3.11. The largest absolute Gasteiger partial charge is 0.497 e.